The lowest BCUT2D eigenvalue weighted by Gasteiger charge is -2.37. The molecule has 1 fully saturated rings. The van der Waals surface area contributed by atoms with Crippen LogP contribution in [0.15, 0.2) is 84.9 Å². The van der Waals surface area contributed by atoms with Crippen LogP contribution in [0.3, 0.4) is 0 Å². The first-order chi connectivity index (χ1) is 12.8. The molecule has 4 rings (SSSR count). The van der Waals surface area contributed by atoms with Gasteiger partial charge in [0.05, 0.1) is 0 Å². The molecule has 0 radical (unpaired) electrons. The summed E-state index contributed by atoms with van der Waals surface area (Å²) >= 11 is 5.76. The summed E-state index contributed by atoms with van der Waals surface area (Å²) in [5, 5.41) is 0. The number of benzene rings is 3. The molecule has 0 N–H and O–H groups in total. The molecule has 0 atom stereocenters. The van der Waals surface area contributed by atoms with Crippen LogP contribution in [0.25, 0.3) is 11.1 Å². The molecule has 130 valence electrons. The third kappa shape index (κ3) is 3.63. The molecule has 3 aromatic rings. The fourth-order valence-electron chi connectivity index (χ4n) is 3.42. The average molecular weight is 359 g/mol. The summed E-state index contributed by atoms with van der Waals surface area (Å²) in [7, 11) is 0. The SMILES string of the molecule is S=C(c1ccc(-c2ccccc2)cc1)N1CCN(c2ccccc2)CC1. The summed E-state index contributed by atoms with van der Waals surface area (Å²) in [6.45, 7) is 3.95. The largest absolute Gasteiger partial charge is 0.368 e. The first-order valence-corrected chi connectivity index (χ1v) is 9.47. The average Bonchev–Trinajstić information content (AvgIpc) is 2.75. The van der Waals surface area contributed by atoms with Crippen molar-refractivity contribution in [3.05, 3.63) is 90.5 Å². The van der Waals surface area contributed by atoms with Crippen molar-refractivity contribution in [2.24, 2.45) is 0 Å². The molecule has 1 heterocycles. The minimum absolute atomic E-state index is 0.956. The topological polar surface area (TPSA) is 6.48 Å². The zero-order valence-corrected chi connectivity index (χ0v) is 15.5. The second kappa shape index (κ2) is 7.71. The molecule has 26 heavy (non-hydrogen) atoms. The Hall–Kier alpha value is -2.65. The molecule has 0 amide bonds. The molecule has 1 saturated heterocycles. The van der Waals surface area contributed by atoms with Gasteiger partial charge in [0, 0.05) is 37.4 Å². The number of hydrogen-bond donors (Lipinski definition) is 0. The molecule has 0 unspecified atom stereocenters. The van der Waals surface area contributed by atoms with Gasteiger partial charge in [0.1, 0.15) is 4.99 Å². The van der Waals surface area contributed by atoms with Crippen molar-refractivity contribution < 1.29 is 0 Å². The van der Waals surface area contributed by atoms with Gasteiger partial charge in [0.15, 0.2) is 0 Å². The van der Waals surface area contributed by atoms with Gasteiger partial charge in [-0.3, -0.25) is 0 Å². The van der Waals surface area contributed by atoms with Gasteiger partial charge in [-0.1, -0.05) is 85.0 Å². The molecule has 0 spiro atoms. The van der Waals surface area contributed by atoms with E-state index in [2.05, 4.69) is 88.7 Å². The van der Waals surface area contributed by atoms with Crippen molar-refractivity contribution in [1.29, 1.82) is 0 Å². The lowest BCUT2D eigenvalue weighted by atomic mass is 10.0. The van der Waals surface area contributed by atoms with E-state index in [1.54, 1.807) is 0 Å². The van der Waals surface area contributed by atoms with E-state index in [-0.39, 0.29) is 0 Å². The first-order valence-electron chi connectivity index (χ1n) is 9.06. The summed E-state index contributed by atoms with van der Waals surface area (Å²) in [4.78, 5) is 5.71. The number of para-hydroxylation sites is 1. The molecular formula is C23H22N2S. The lowest BCUT2D eigenvalue weighted by Crippen LogP contribution is -2.48. The second-order valence-corrected chi connectivity index (χ2v) is 6.94. The molecule has 2 nitrogen and oxygen atoms in total. The highest BCUT2D eigenvalue weighted by molar-refractivity contribution is 7.80. The quantitative estimate of drug-likeness (QED) is 0.618. The zero-order chi connectivity index (χ0) is 17.8. The second-order valence-electron chi connectivity index (χ2n) is 6.56. The number of rotatable bonds is 3. The van der Waals surface area contributed by atoms with E-state index >= 15 is 0 Å². The van der Waals surface area contributed by atoms with Crippen molar-refractivity contribution in [2.45, 2.75) is 0 Å². The summed E-state index contributed by atoms with van der Waals surface area (Å²) in [6.07, 6.45) is 0. The van der Waals surface area contributed by atoms with Gasteiger partial charge in [-0.15, -0.1) is 0 Å². The molecule has 0 bridgehead atoms. The lowest BCUT2D eigenvalue weighted by molar-refractivity contribution is 0.392. The van der Waals surface area contributed by atoms with Crippen LogP contribution in [0.5, 0.6) is 0 Å². The van der Waals surface area contributed by atoms with Gasteiger partial charge in [0.2, 0.25) is 0 Å². The predicted octanol–water partition coefficient (Wildman–Crippen LogP) is 4.85. The van der Waals surface area contributed by atoms with Gasteiger partial charge in [0.25, 0.3) is 0 Å². The molecule has 0 aliphatic carbocycles. The fraction of sp³-hybridized carbons (Fsp3) is 0.174. The Morgan fingerprint density at radius 3 is 1.77 bits per heavy atom. The van der Waals surface area contributed by atoms with Crippen molar-refractivity contribution in [2.75, 3.05) is 31.1 Å². The zero-order valence-electron chi connectivity index (χ0n) is 14.7. The van der Waals surface area contributed by atoms with Crippen LogP contribution in [-0.4, -0.2) is 36.1 Å². The van der Waals surface area contributed by atoms with Crippen LogP contribution in [0, 0.1) is 0 Å². The van der Waals surface area contributed by atoms with E-state index in [0.29, 0.717) is 0 Å². The Morgan fingerprint density at radius 1 is 0.615 bits per heavy atom. The van der Waals surface area contributed by atoms with Crippen molar-refractivity contribution in [3.63, 3.8) is 0 Å². The van der Waals surface area contributed by atoms with E-state index in [1.165, 1.54) is 16.8 Å². The third-order valence-electron chi connectivity index (χ3n) is 4.93. The normalized spacial score (nSPS) is 14.3. The van der Waals surface area contributed by atoms with Crippen LogP contribution in [0.1, 0.15) is 5.56 Å². The first kappa shape index (κ1) is 16.8. The maximum absolute atomic E-state index is 5.76. The Morgan fingerprint density at radius 2 is 1.15 bits per heavy atom. The summed E-state index contributed by atoms with van der Waals surface area (Å²) in [5.41, 5.74) is 4.89. The van der Waals surface area contributed by atoms with E-state index in [9.17, 15) is 0 Å². The molecule has 1 aliphatic rings. The summed E-state index contributed by atoms with van der Waals surface area (Å²) in [6, 6.07) is 29.7. The van der Waals surface area contributed by atoms with Gasteiger partial charge < -0.3 is 9.80 Å². The number of piperazine rings is 1. The van der Waals surface area contributed by atoms with Crippen molar-refractivity contribution in [3.8, 4) is 11.1 Å². The minimum Gasteiger partial charge on any atom is -0.368 e. The van der Waals surface area contributed by atoms with Gasteiger partial charge in [-0.05, 0) is 23.3 Å². The van der Waals surface area contributed by atoms with Crippen molar-refractivity contribution in [1.82, 2.24) is 4.90 Å². The van der Waals surface area contributed by atoms with Crippen LogP contribution in [0.4, 0.5) is 5.69 Å². The Balaban J connectivity index is 1.41. The standard InChI is InChI=1S/C23H22N2S/c26-23(21-13-11-20(12-14-21)19-7-3-1-4-8-19)25-17-15-24(16-18-25)22-9-5-2-6-10-22/h1-14H,15-18H2. The number of thiocarbonyl (C=S) groups is 1. The van der Waals surface area contributed by atoms with E-state index < -0.39 is 0 Å². The highest BCUT2D eigenvalue weighted by atomic mass is 32.1. The maximum Gasteiger partial charge on any atom is 0.109 e. The number of anilines is 1. The molecule has 1 aliphatic heterocycles. The molecule has 3 heteroatoms. The highest BCUT2D eigenvalue weighted by Gasteiger charge is 2.19. The number of nitrogens with zero attached hydrogens (tertiary/aromatic N) is 2. The predicted molar refractivity (Wildman–Crippen MR) is 114 cm³/mol. The van der Waals surface area contributed by atoms with Crippen molar-refractivity contribution >= 4 is 22.9 Å². The number of hydrogen-bond acceptors (Lipinski definition) is 2. The van der Waals surface area contributed by atoms with Gasteiger partial charge in [-0.2, -0.15) is 0 Å². The van der Waals surface area contributed by atoms with Crippen LogP contribution in [-0.2, 0) is 0 Å². The van der Waals surface area contributed by atoms with Crippen LogP contribution >= 0.6 is 12.2 Å². The smallest absolute Gasteiger partial charge is 0.109 e. The van der Waals surface area contributed by atoms with Gasteiger partial charge >= 0.3 is 0 Å². The Bertz CT molecular complexity index is 852. The minimum atomic E-state index is 0.956. The third-order valence-corrected chi connectivity index (χ3v) is 5.42. The summed E-state index contributed by atoms with van der Waals surface area (Å²) < 4.78 is 0. The van der Waals surface area contributed by atoms with E-state index in [1.807, 2.05) is 6.07 Å². The molecule has 3 aromatic carbocycles. The Labute approximate surface area is 160 Å². The van der Waals surface area contributed by atoms with Crippen LogP contribution in [0.2, 0.25) is 0 Å². The Kier molecular flexibility index (Phi) is 4.98. The molecule has 0 saturated carbocycles. The molecular weight excluding hydrogens is 336 g/mol. The maximum atomic E-state index is 5.76. The van der Waals surface area contributed by atoms with Crippen LogP contribution < -0.4 is 4.90 Å². The van der Waals surface area contributed by atoms with Gasteiger partial charge in [-0.25, -0.2) is 0 Å². The van der Waals surface area contributed by atoms with E-state index in [0.717, 1.165) is 36.7 Å². The monoisotopic (exact) mass is 358 g/mol. The molecule has 0 aromatic heterocycles. The summed E-state index contributed by atoms with van der Waals surface area (Å²) in [5.74, 6) is 0. The highest BCUT2D eigenvalue weighted by Crippen LogP contribution is 2.21. The fourth-order valence-corrected chi connectivity index (χ4v) is 3.74. The van der Waals surface area contributed by atoms with E-state index in [4.69, 9.17) is 12.2 Å².